The molecule has 5 rings (SSSR count). The van der Waals surface area contributed by atoms with Crippen molar-refractivity contribution < 1.29 is 9.15 Å². The predicted molar refractivity (Wildman–Crippen MR) is 122 cm³/mol. The molecule has 0 spiro atoms. The van der Waals surface area contributed by atoms with Crippen molar-refractivity contribution in [1.29, 1.82) is 0 Å². The molecule has 0 amide bonds. The number of nitrogens with one attached hydrogen (secondary N) is 1. The Hall–Kier alpha value is -4.17. The van der Waals surface area contributed by atoms with Gasteiger partial charge in [-0.25, -0.2) is 0 Å². The summed E-state index contributed by atoms with van der Waals surface area (Å²) < 4.78 is 13.6. The molecule has 0 saturated heterocycles. The SMILES string of the molecule is Clc1ccc(NN=Cc2ccc(Oc3nn(Cc4ccccc4)c4ccccc34)o2)nn1. The highest BCUT2D eigenvalue weighted by Gasteiger charge is 2.14. The number of furan rings is 1. The van der Waals surface area contributed by atoms with E-state index in [0.717, 1.165) is 16.5 Å². The Balaban J connectivity index is 1.32. The maximum Gasteiger partial charge on any atom is 0.291 e. The first-order valence-corrected chi connectivity index (χ1v) is 10.2. The van der Waals surface area contributed by atoms with Crippen molar-refractivity contribution in [3.8, 4) is 11.8 Å². The number of hydrogen-bond donors (Lipinski definition) is 1. The van der Waals surface area contributed by atoms with Gasteiger partial charge >= 0.3 is 0 Å². The van der Waals surface area contributed by atoms with Gasteiger partial charge in [0.05, 0.1) is 23.7 Å². The zero-order valence-corrected chi connectivity index (χ0v) is 17.5. The number of rotatable bonds is 7. The molecular weight excluding hydrogens is 428 g/mol. The van der Waals surface area contributed by atoms with Crippen LogP contribution in [-0.4, -0.2) is 26.2 Å². The molecule has 8 nitrogen and oxygen atoms in total. The van der Waals surface area contributed by atoms with Gasteiger partial charge in [-0.1, -0.05) is 54.1 Å². The van der Waals surface area contributed by atoms with E-state index < -0.39 is 0 Å². The zero-order chi connectivity index (χ0) is 21.8. The van der Waals surface area contributed by atoms with Crippen molar-refractivity contribution in [3.05, 3.63) is 95.3 Å². The molecule has 0 atom stereocenters. The molecule has 0 aliphatic rings. The van der Waals surface area contributed by atoms with E-state index in [0.29, 0.717) is 35.1 Å². The summed E-state index contributed by atoms with van der Waals surface area (Å²) in [7, 11) is 0. The molecular formula is C23H17ClN6O2. The lowest BCUT2D eigenvalue weighted by Gasteiger charge is -2.03. The molecule has 2 aromatic carbocycles. The third-order valence-corrected chi connectivity index (χ3v) is 4.80. The van der Waals surface area contributed by atoms with Crippen LogP contribution in [0.1, 0.15) is 11.3 Å². The van der Waals surface area contributed by atoms with Crippen LogP contribution >= 0.6 is 11.6 Å². The third-order valence-electron chi connectivity index (χ3n) is 4.60. The second-order valence-corrected chi connectivity index (χ2v) is 7.22. The molecule has 0 aliphatic carbocycles. The fourth-order valence-electron chi connectivity index (χ4n) is 3.14. The topological polar surface area (TPSA) is 90.4 Å². The van der Waals surface area contributed by atoms with Gasteiger partial charge in [-0.2, -0.15) is 5.10 Å². The second-order valence-electron chi connectivity index (χ2n) is 6.84. The van der Waals surface area contributed by atoms with E-state index in [4.69, 9.17) is 20.8 Å². The normalized spacial score (nSPS) is 11.3. The maximum absolute atomic E-state index is 5.95. The Kier molecular flexibility index (Phi) is 5.50. The van der Waals surface area contributed by atoms with E-state index in [1.165, 1.54) is 6.21 Å². The molecule has 0 unspecified atom stereocenters. The van der Waals surface area contributed by atoms with Gasteiger partial charge in [0.1, 0.15) is 0 Å². The third kappa shape index (κ3) is 4.45. The largest absolute Gasteiger partial charge is 0.424 e. The molecule has 0 bridgehead atoms. The number of hydrogen-bond acceptors (Lipinski definition) is 7. The summed E-state index contributed by atoms with van der Waals surface area (Å²) in [5.74, 6) is 1.75. The Bertz CT molecular complexity index is 1360. The molecule has 0 aliphatic heterocycles. The number of hydrazone groups is 1. The van der Waals surface area contributed by atoms with Gasteiger partial charge in [-0.3, -0.25) is 10.1 Å². The van der Waals surface area contributed by atoms with E-state index in [2.05, 4.69) is 38.0 Å². The van der Waals surface area contributed by atoms with Crippen molar-refractivity contribution in [3.63, 3.8) is 0 Å². The monoisotopic (exact) mass is 444 g/mol. The minimum Gasteiger partial charge on any atom is -0.424 e. The van der Waals surface area contributed by atoms with Crippen LogP contribution in [-0.2, 0) is 6.54 Å². The standard InChI is InChI=1S/C23H17ClN6O2/c24-20-11-12-21(28-26-20)27-25-14-17-10-13-22(31-17)32-23-18-8-4-5-9-19(18)30(29-23)15-16-6-2-1-3-7-16/h1-14H,15H2,(H,27,28). The number of ether oxygens (including phenoxy) is 1. The van der Waals surface area contributed by atoms with Gasteiger partial charge in [0, 0.05) is 6.07 Å². The Morgan fingerprint density at radius 2 is 1.81 bits per heavy atom. The Morgan fingerprint density at radius 3 is 2.66 bits per heavy atom. The lowest BCUT2D eigenvalue weighted by molar-refractivity contribution is 0.334. The molecule has 0 fully saturated rings. The quantitative estimate of drug-likeness (QED) is 0.268. The van der Waals surface area contributed by atoms with E-state index in [9.17, 15) is 0 Å². The lowest BCUT2D eigenvalue weighted by atomic mass is 10.2. The fourth-order valence-corrected chi connectivity index (χ4v) is 3.24. The summed E-state index contributed by atoms with van der Waals surface area (Å²) in [5.41, 5.74) is 4.88. The number of para-hydroxylation sites is 1. The number of aromatic nitrogens is 4. The lowest BCUT2D eigenvalue weighted by Crippen LogP contribution is -2.01. The molecule has 9 heteroatoms. The highest BCUT2D eigenvalue weighted by Crippen LogP contribution is 2.30. The van der Waals surface area contributed by atoms with Gasteiger partial charge in [-0.15, -0.1) is 15.3 Å². The molecule has 3 heterocycles. The number of halogens is 1. The van der Waals surface area contributed by atoms with Gasteiger partial charge in [0.25, 0.3) is 5.95 Å². The van der Waals surface area contributed by atoms with Crippen LogP contribution in [0.25, 0.3) is 10.9 Å². The molecule has 158 valence electrons. The smallest absolute Gasteiger partial charge is 0.291 e. The van der Waals surface area contributed by atoms with Crippen LogP contribution in [0.3, 0.4) is 0 Å². The van der Waals surface area contributed by atoms with Crippen molar-refractivity contribution >= 4 is 34.5 Å². The van der Waals surface area contributed by atoms with Crippen LogP contribution in [0.4, 0.5) is 5.82 Å². The van der Waals surface area contributed by atoms with Crippen LogP contribution in [0.5, 0.6) is 11.8 Å². The molecule has 3 aromatic heterocycles. The molecule has 32 heavy (non-hydrogen) atoms. The average Bonchev–Trinajstić information content (AvgIpc) is 3.41. The summed E-state index contributed by atoms with van der Waals surface area (Å²) in [5, 5.41) is 17.5. The van der Waals surface area contributed by atoms with Crippen LogP contribution in [0, 0.1) is 0 Å². The van der Waals surface area contributed by atoms with Crippen molar-refractivity contribution in [1.82, 2.24) is 20.0 Å². The predicted octanol–water partition coefficient (Wildman–Crippen LogP) is 5.36. The van der Waals surface area contributed by atoms with Crippen LogP contribution in [0.15, 0.2) is 88.4 Å². The van der Waals surface area contributed by atoms with Crippen molar-refractivity contribution in [2.24, 2.45) is 5.10 Å². The number of nitrogens with zero attached hydrogens (tertiary/aromatic N) is 5. The summed E-state index contributed by atoms with van der Waals surface area (Å²) >= 11 is 5.71. The highest BCUT2D eigenvalue weighted by atomic mass is 35.5. The fraction of sp³-hybridized carbons (Fsp3) is 0.0435. The van der Waals surface area contributed by atoms with Gasteiger partial charge < -0.3 is 9.15 Å². The maximum atomic E-state index is 5.95. The van der Waals surface area contributed by atoms with Crippen molar-refractivity contribution in [2.75, 3.05) is 5.43 Å². The first-order chi connectivity index (χ1) is 15.7. The second kappa shape index (κ2) is 8.91. The van der Waals surface area contributed by atoms with Gasteiger partial charge in [0.15, 0.2) is 16.7 Å². The van der Waals surface area contributed by atoms with Gasteiger partial charge in [0.2, 0.25) is 5.88 Å². The molecule has 5 aromatic rings. The minimum atomic E-state index is 0.311. The number of fused-ring (bicyclic) bond motifs is 1. The number of benzene rings is 2. The highest BCUT2D eigenvalue weighted by molar-refractivity contribution is 6.29. The van der Waals surface area contributed by atoms with E-state index in [1.807, 2.05) is 47.1 Å². The zero-order valence-electron chi connectivity index (χ0n) is 16.7. The van der Waals surface area contributed by atoms with Crippen LogP contribution < -0.4 is 10.2 Å². The Labute approximate surface area is 188 Å². The summed E-state index contributed by atoms with van der Waals surface area (Å²) in [4.78, 5) is 0. The van der Waals surface area contributed by atoms with Crippen molar-refractivity contribution in [2.45, 2.75) is 6.54 Å². The first-order valence-electron chi connectivity index (χ1n) is 9.80. The minimum absolute atomic E-state index is 0.311. The molecule has 1 N–H and O–H groups in total. The van der Waals surface area contributed by atoms with Crippen LogP contribution in [0.2, 0.25) is 5.15 Å². The van der Waals surface area contributed by atoms with E-state index >= 15 is 0 Å². The summed E-state index contributed by atoms with van der Waals surface area (Å²) in [6.45, 7) is 0.639. The van der Waals surface area contributed by atoms with E-state index in [-0.39, 0.29) is 0 Å². The van der Waals surface area contributed by atoms with Gasteiger partial charge in [-0.05, 0) is 35.9 Å². The summed E-state index contributed by atoms with van der Waals surface area (Å²) in [6, 6.07) is 24.8. The summed E-state index contributed by atoms with van der Waals surface area (Å²) in [6.07, 6.45) is 1.51. The van der Waals surface area contributed by atoms with E-state index in [1.54, 1.807) is 24.3 Å². The Morgan fingerprint density at radius 1 is 0.969 bits per heavy atom. The molecule has 0 saturated carbocycles. The molecule has 0 radical (unpaired) electrons. The average molecular weight is 445 g/mol. The first kappa shape index (κ1) is 19.8. The number of anilines is 1.